The van der Waals surface area contributed by atoms with E-state index in [1.807, 2.05) is 39.0 Å². The molecule has 0 aliphatic rings. The fourth-order valence-corrected chi connectivity index (χ4v) is 2.50. The third-order valence-electron chi connectivity index (χ3n) is 4.20. The zero-order valence-electron chi connectivity index (χ0n) is 14.9. The zero-order valence-corrected chi connectivity index (χ0v) is 14.9. The van der Waals surface area contributed by atoms with Crippen LogP contribution in [0, 0.1) is 20.8 Å². The first-order valence-electron chi connectivity index (χ1n) is 8.15. The molecule has 3 aromatic rings. The van der Waals surface area contributed by atoms with E-state index in [-0.39, 0.29) is 6.54 Å². The van der Waals surface area contributed by atoms with Crippen molar-refractivity contribution in [1.29, 1.82) is 0 Å². The second-order valence-electron chi connectivity index (χ2n) is 6.38. The first-order chi connectivity index (χ1) is 11.9. The molecule has 0 saturated heterocycles. The molecule has 0 amide bonds. The molecular formula is C19H22N4O2. The minimum Gasteiger partial charge on any atom is -0.463 e. The minimum atomic E-state index is -1.14. The van der Waals surface area contributed by atoms with Crippen LogP contribution in [-0.2, 0) is 5.60 Å². The Kier molecular flexibility index (Phi) is 4.55. The molecule has 130 valence electrons. The van der Waals surface area contributed by atoms with Gasteiger partial charge in [0.25, 0.3) is 0 Å². The van der Waals surface area contributed by atoms with Gasteiger partial charge in [-0.3, -0.25) is 4.98 Å². The summed E-state index contributed by atoms with van der Waals surface area (Å²) >= 11 is 0. The normalized spacial score (nSPS) is 13.5. The van der Waals surface area contributed by atoms with Crippen molar-refractivity contribution in [3.05, 3.63) is 59.4 Å². The maximum atomic E-state index is 10.7. The molecular weight excluding hydrogens is 316 g/mol. The zero-order chi connectivity index (χ0) is 18.0. The molecule has 0 aliphatic heterocycles. The van der Waals surface area contributed by atoms with Gasteiger partial charge in [-0.25, -0.2) is 9.97 Å². The van der Waals surface area contributed by atoms with E-state index in [0.29, 0.717) is 17.4 Å². The first-order valence-corrected chi connectivity index (χ1v) is 8.15. The van der Waals surface area contributed by atoms with Crippen LogP contribution in [0.3, 0.4) is 0 Å². The lowest BCUT2D eigenvalue weighted by molar-refractivity contribution is 0.0467. The number of hydrogen-bond donors (Lipinski definition) is 2. The topological polar surface area (TPSA) is 84.1 Å². The van der Waals surface area contributed by atoms with Gasteiger partial charge in [0.05, 0.1) is 6.54 Å². The quantitative estimate of drug-likeness (QED) is 0.742. The average molecular weight is 338 g/mol. The highest BCUT2D eigenvalue weighted by atomic mass is 16.4. The molecule has 6 heteroatoms. The number of aliphatic hydroxyl groups is 1. The van der Waals surface area contributed by atoms with E-state index in [9.17, 15) is 5.11 Å². The highest BCUT2D eigenvalue weighted by molar-refractivity contribution is 5.59. The number of nitrogens with zero attached hydrogens (tertiary/aromatic N) is 3. The van der Waals surface area contributed by atoms with Crippen molar-refractivity contribution in [3.8, 4) is 11.4 Å². The summed E-state index contributed by atoms with van der Waals surface area (Å²) in [6.45, 7) is 7.74. The molecule has 0 bridgehead atoms. The maximum absolute atomic E-state index is 10.7. The molecule has 0 spiro atoms. The van der Waals surface area contributed by atoms with Crippen LogP contribution in [0.2, 0.25) is 0 Å². The molecule has 0 aromatic carbocycles. The van der Waals surface area contributed by atoms with Gasteiger partial charge in [-0.1, -0.05) is 0 Å². The summed E-state index contributed by atoms with van der Waals surface area (Å²) in [5.74, 6) is 2.61. The Morgan fingerprint density at radius 3 is 2.44 bits per heavy atom. The molecule has 0 fully saturated rings. The van der Waals surface area contributed by atoms with Crippen molar-refractivity contribution in [3.63, 3.8) is 0 Å². The monoisotopic (exact) mass is 338 g/mol. The molecule has 0 radical (unpaired) electrons. The van der Waals surface area contributed by atoms with E-state index in [1.54, 1.807) is 25.4 Å². The fourth-order valence-electron chi connectivity index (χ4n) is 2.50. The summed E-state index contributed by atoms with van der Waals surface area (Å²) in [6, 6.07) is 7.37. The van der Waals surface area contributed by atoms with Crippen LogP contribution in [0.5, 0.6) is 0 Å². The predicted molar refractivity (Wildman–Crippen MR) is 96.2 cm³/mol. The Bertz CT molecular complexity index is 872. The lowest BCUT2D eigenvalue weighted by Gasteiger charge is -2.22. The van der Waals surface area contributed by atoms with Gasteiger partial charge < -0.3 is 14.8 Å². The SMILES string of the molecule is Cc1ccc(C(C)(O)CNc2nc(-c3ccncc3)nc(C)c2C)o1. The lowest BCUT2D eigenvalue weighted by Crippen LogP contribution is -2.31. The second kappa shape index (κ2) is 6.64. The molecule has 3 aromatic heterocycles. The molecule has 1 atom stereocenters. The molecule has 1 unspecified atom stereocenters. The maximum Gasteiger partial charge on any atom is 0.161 e. The first kappa shape index (κ1) is 17.1. The third kappa shape index (κ3) is 3.69. The summed E-state index contributed by atoms with van der Waals surface area (Å²) in [4.78, 5) is 13.2. The number of anilines is 1. The van der Waals surface area contributed by atoms with Crippen LogP contribution in [-0.4, -0.2) is 26.6 Å². The number of hydrogen-bond acceptors (Lipinski definition) is 6. The molecule has 3 rings (SSSR count). The summed E-state index contributed by atoms with van der Waals surface area (Å²) in [5, 5.41) is 13.9. The summed E-state index contributed by atoms with van der Waals surface area (Å²) in [6.07, 6.45) is 3.43. The van der Waals surface area contributed by atoms with Crippen molar-refractivity contribution in [2.24, 2.45) is 0 Å². The van der Waals surface area contributed by atoms with Crippen LogP contribution < -0.4 is 5.32 Å². The largest absolute Gasteiger partial charge is 0.463 e. The van der Waals surface area contributed by atoms with Crippen LogP contribution in [0.15, 0.2) is 41.1 Å². The number of pyridine rings is 1. The molecule has 0 saturated carbocycles. The van der Waals surface area contributed by atoms with Crippen molar-refractivity contribution in [2.75, 3.05) is 11.9 Å². The van der Waals surface area contributed by atoms with Crippen LogP contribution in [0.4, 0.5) is 5.82 Å². The summed E-state index contributed by atoms with van der Waals surface area (Å²) in [7, 11) is 0. The van der Waals surface area contributed by atoms with Gasteiger partial charge >= 0.3 is 0 Å². The number of rotatable bonds is 5. The average Bonchev–Trinajstić information content (AvgIpc) is 3.04. The number of furan rings is 1. The third-order valence-corrected chi connectivity index (χ3v) is 4.20. The molecule has 3 heterocycles. The van der Waals surface area contributed by atoms with E-state index < -0.39 is 5.60 Å². The highest BCUT2D eigenvalue weighted by Gasteiger charge is 2.27. The fraction of sp³-hybridized carbons (Fsp3) is 0.316. The standard InChI is InChI=1S/C19H22N4O2/c1-12-5-6-16(25-12)19(4,24)11-21-17-13(2)14(3)22-18(23-17)15-7-9-20-10-8-15/h5-10,24H,11H2,1-4H3,(H,21,22,23). The molecule has 2 N–H and O–H groups in total. The van der Waals surface area contributed by atoms with Gasteiger partial charge in [-0.15, -0.1) is 0 Å². The number of nitrogens with one attached hydrogen (secondary N) is 1. The van der Waals surface area contributed by atoms with Gasteiger partial charge in [0.1, 0.15) is 22.9 Å². The lowest BCUT2D eigenvalue weighted by atomic mass is 10.0. The van der Waals surface area contributed by atoms with Crippen molar-refractivity contribution >= 4 is 5.82 Å². The Morgan fingerprint density at radius 2 is 1.80 bits per heavy atom. The van der Waals surface area contributed by atoms with E-state index in [0.717, 1.165) is 22.6 Å². The van der Waals surface area contributed by atoms with E-state index in [2.05, 4.69) is 20.3 Å². The van der Waals surface area contributed by atoms with Crippen molar-refractivity contribution < 1.29 is 9.52 Å². The number of aromatic nitrogens is 3. The number of aryl methyl sites for hydroxylation is 2. The van der Waals surface area contributed by atoms with Crippen molar-refractivity contribution in [1.82, 2.24) is 15.0 Å². The second-order valence-corrected chi connectivity index (χ2v) is 6.38. The Balaban J connectivity index is 1.86. The van der Waals surface area contributed by atoms with Gasteiger partial charge in [-0.05, 0) is 52.0 Å². The van der Waals surface area contributed by atoms with Gasteiger partial charge in [0, 0.05) is 29.2 Å². The van der Waals surface area contributed by atoms with Crippen LogP contribution in [0.1, 0.15) is 29.7 Å². The Labute approximate surface area is 147 Å². The minimum absolute atomic E-state index is 0.271. The van der Waals surface area contributed by atoms with Crippen LogP contribution >= 0.6 is 0 Å². The summed E-state index contributed by atoms with van der Waals surface area (Å²) < 4.78 is 5.55. The van der Waals surface area contributed by atoms with Gasteiger partial charge in [0.2, 0.25) is 0 Å². The van der Waals surface area contributed by atoms with E-state index in [4.69, 9.17) is 4.42 Å². The molecule has 25 heavy (non-hydrogen) atoms. The Morgan fingerprint density at radius 1 is 1.08 bits per heavy atom. The van der Waals surface area contributed by atoms with Gasteiger partial charge in [-0.2, -0.15) is 0 Å². The van der Waals surface area contributed by atoms with E-state index in [1.165, 1.54) is 0 Å². The predicted octanol–water partition coefficient (Wildman–Crippen LogP) is 3.38. The smallest absolute Gasteiger partial charge is 0.161 e. The van der Waals surface area contributed by atoms with Crippen molar-refractivity contribution in [2.45, 2.75) is 33.3 Å². The highest BCUT2D eigenvalue weighted by Crippen LogP contribution is 2.25. The summed E-state index contributed by atoms with van der Waals surface area (Å²) in [5.41, 5.74) is 1.59. The molecule has 0 aliphatic carbocycles. The van der Waals surface area contributed by atoms with Gasteiger partial charge in [0.15, 0.2) is 5.82 Å². The van der Waals surface area contributed by atoms with Crippen LogP contribution in [0.25, 0.3) is 11.4 Å². The van der Waals surface area contributed by atoms with E-state index >= 15 is 0 Å². The Hall–Kier alpha value is -2.73. The molecule has 6 nitrogen and oxygen atoms in total.